The molecule has 4 aliphatic carbocycles. The SMILES string of the molecule is O=C(c1ccccc1)C12CCC3C[C@H](C[C@H](C3)C1)C2. The molecule has 19 heavy (non-hydrogen) atoms. The van der Waals surface area contributed by atoms with Crippen molar-refractivity contribution in [3.63, 3.8) is 0 Å². The Hall–Kier alpha value is -1.11. The molecule has 0 saturated heterocycles. The minimum atomic E-state index is 0.000185. The van der Waals surface area contributed by atoms with Gasteiger partial charge in [-0.25, -0.2) is 0 Å². The van der Waals surface area contributed by atoms with Crippen molar-refractivity contribution in [2.45, 2.75) is 44.9 Å². The van der Waals surface area contributed by atoms with Crippen molar-refractivity contribution in [1.29, 1.82) is 0 Å². The summed E-state index contributed by atoms with van der Waals surface area (Å²) in [6, 6.07) is 10.0. The summed E-state index contributed by atoms with van der Waals surface area (Å²) in [7, 11) is 0. The van der Waals surface area contributed by atoms with Crippen LogP contribution in [0.5, 0.6) is 0 Å². The molecular weight excluding hydrogens is 232 g/mol. The molecule has 5 rings (SSSR count). The molecule has 0 N–H and O–H groups in total. The van der Waals surface area contributed by atoms with Crippen molar-refractivity contribution in [2.75, 3.05) is 0 Å². The molecule has 4 aliphatic rings. The Bertz CT molecular complexity index is 476. The van der Waals surface area contributed by atoms with Crippen LogP contribution in [0.4, 0.5) is 0 Å². The van der Waals surface area contributed by atoms with Gasteiger partial charge in [-0.3, -0.25) is 4.79 Å². The summed E-state index contributed by atoms with van der Waals surface area (Å²) < 4.78 is 0. The highest BCUT2D eigenvalue weighted by Gasteiger charge is 2.51. The number of ketones is 1. The lowest BCUT2D eigenvalue weighted by atomic mass is 9.59. The average molecular weight is 254 g/mol. The van der Waals surface area contributed by atoms with Crippen LogP contribution in [-0.4, -0.2) is 5.78 Å². The van der Waals surface area contributed by atoms with Crippen molar-refractivity contribution in [2.24, 2.45) is 23.2 Å². The van der Waals surface area contributed by atoms with Crippen molar-refractivity contribution in [1.82, 2.24) is 0 Å². The first kappa shape index (κ1) is 11.7. The average Bonchev–Trinajstić information content (AvgIpc) is 2.64. The lowest BCUT2D eigenvalue weighted by Gasteiger charge is -2.44. The molecule has 0 aliphatic heterocycles. The first-order chi connectivity index (χ1) is 9.25. The van der Waals surface area contributed by atoms with E-state index in [9.17, 15) is 4.79 Å². The zero-order chi connectivity index (χ0) is 12.9. The molecule has 4 saturated carbocycles. The molecule has 2 unspecified atom stereocenters. The normalized spacial score (nSPS) is 40.1. The smallest absolute Gasteiger partial charge is 0.169 e. The fourth-order valence-electron chi connectivity index (χ4n) is 5.34. The number of fused-ring (bicyclic) bond motifs is 1. The van der Waals surface area contributed by atoms with Crippen LogP contribution in [0.25, 0.3) is 0 Å². The van der Waals surface area contributed by atoms with Crippen LogP contribution in [0.1, 0.15) is 55.3 Å². The van der Waals surface area contributed by atoms with Crippen molar-refractivity contribution in [3.05, 3.63) is 35.9 Å². The van der Waals surface area contributed by atoms with Gasteiger partial charge in [0, 0.05) is 11.0 Å². The van der Waals surface area contributed by atoms with Crippen LogP contribution < -0.4 is 0 Å². The van der Waals surface area contributed by atoms with Gasteiger partial charge in [-0.1, -0.05) is 30.3 Å². The molecular formula is C18H22O. The zero-order valence-corrected chi connectivity index (χ0v) is 11.5. The zero-order valence-electron chi connectivity index (χ0n) is 11.5. The van der Waals surface area contributed by atoms with E-state index < -0.39 is 0 Å². The highest BCUT2D eigenvalue weighted by Crippen LogP contribution is 2.58. The maximum absolute atomic E-state index is 13.0. The minimum absolute atomic E-state index is 0.000185. The minimum Gasteiger partial charge on any atom is -0.294 e. The molecule has 4 bridgehead atoms. The van der Waals surface area contributed by atoms with E-state index >= 15 is 0 Å². The molecule has 1 aromatic rings. The number of hydrogen-bond donors (Lipinski definition) is 0. The van der Waals surface area contributed by atoms with Crippen LogP contribution in [0.3, 0.4) is 0 Å². The molecule has 4 fully saturated rings. The van der Waals surface area contributed by atoms with Gasteiger partial charge >= 0.3 is 0 Å². The molecule has 0 radical (unpaired) electrons. The second kappa shape index (κ2) is 4.19. The van der Waals surface area contributed by atoms with Crippen molar-refractivity contribution >= 4 is 5.78 Å². The molecule has 4 atom stereocenters. The number of rotatable bonds is 2. The van der Waals surface area contributed by atoms with Gasteiger partial charge in [0.25, 0.3) is 0 Å². The quantitative estimate of drug-likeness (QED) is 0.711. The van der Waals surface area contributed by atoms with E-state index in [0.717, 1.165) is 29.7 Å². The number of carbonyl (C=O) groups is 1. The first-order valence-electron chi connectivity index (χ1n) is 7.85. The third kappa shape index (κ3) is 1.86. The van der Waals surface area contributed by atoms with Gasteiger partial charge in [-0.2, -0.15) is 0 Å². The van der Waals surface area contributed by atoms with Gasteiger partial charge in [0.1, 0.15) is 0 Å². The fourth-order valence-corrected chi connectivity index (χ4v) is 5.34. The van der Waals surface area contributed by atoms with Gasteiger partial charge < -0.3 is 0 Å². The predicted octanol–water partition coefficient (Wildman–Crippen LogP) is 4.48. The van der Waals surface area contributed by atoms with Gasteiger partial charge in [0.15, 0.2) is 5.78 Å². The lowest BCUT2D eigenvalue weighted by molar-refractivity contribution is 0.0466. The highest BCUT2D eigenvalue weighted by atomic mass is 16.1. The molecule has 1 aromatic carbocycles. The third-order valence-electron chi connectivity index (χ3n) is 5.91. The summed E-state index contributed by atoms with van der Waals surface area (Å²) in [5.41, 5.74) is 0.947. The second-order valence-electron chi connectivity index (χ2n) is 7.23. The maximum atomic E-state index is 13.0. The van der Waals surface area contributed by atoms with E-state index in [1.54, 1.807) is 0 Å². The molecule has 1 nitrogen and oxygen atoms in total. The molecule has 1 heteroatoms. The van der Waals surface area contributed by atoms with Crippen LogP contribution in [0, 0.1) is 23.2 Å². The Labute approximate surface area is 115 Å². The summed E-state index contributed by atoms with van der Waals surface area (Å²) >= 11 is 0. The van der Waals surface area contributed by atoms with Crippen LogP contribution in [0.15, 0.2) is 30.3 Å². The standard InChI is InChI=1S/C18H22O/c19-17(16-4-2-1-3-5-16)18-7-6-13-8-14(11-18)10-15(9-13)12-18/h1-5,13-15H,6-12H2/t13?,14-,15+,18?. The Morgan fingerprint density at radius 1 is 0.947 bits per heavy atom. The van der Waals surface area contributed by atoms with E-state index in [4.69, 9.17) is 0 Å². The van der Waals surface area contributed by atoms with Crippen LogP contribution in [-0.2, 0) is 0 Å². The lowest BCUT2D eigenvalue weighted by Crippen LogP contribution is -2.39. The highest BCUT2D eigenvalue weighted by molar-refractivity contribution is 6.00. The molecule has 0 spiro atoms. The van der Waals surface area contributed by atoms with Crippen molar-refractivity contribution in [3.8, 4) is 0 Å². The van der Waals surface area contributed by atoms with Gasteiger partial charge in [0.05, 0.1) is 0 Å². The van der Waals surface area contributed by atoms with Crippen molar-refractivity contribution < 1.29 is 4.79 Å². The van der Waals surface area contributed by atoms with E-state index in [1.807, 2.05) is 30.3 Å². The Balaban J connectivity index is 1.71. The predicted molar refractivity (Wildman–Crippen MR) is 76.0 cm³/mol. The topological polar surface area (TPSA) is 17.1 Å². The third-order valence-corrected chi connectivity index (χ3v) is 5.91. The van der Waals surface area contributed by atoms with E-state index in [0.29, 0.717) is 5.78 Å². The van der Waals surface area contributed by atoms with Crippen LogP contribution in [0.2, 0.25) is 0 Å². The molecule has 0 amide bonds. The summed E-state index contributed by atoms with van der Waals surface area (Å²) in [5, 5.41) is 0. The molecule has 0 aromatic heterocycles. The fraction of sp³-hybridized carbons (Fsp3) is 0.611. The van der Waals surface area contributed by atoms with Crippen LogP contribution >= 0.6 is 0 Å². The van der Waals surface area contributed by atoms with E-state index in [-0.39, 0.29) is 5.41 Å². The Kier molecular flexibility index (Phi) is 2.58. The summed E-state index contributed by atoms with van der Waals surface area (Å²) in [6.07, 6.45) is 9.01. The second-order valence-corrected chi connectivity index (χ2v) is 7.23. The van der Waals surface area contributed by atoms with Gasteiger partial charge in [-0.15, -0.1) is 0 Å². The monoisotopic (exact) mass is 254 g/mol. The summed E-state index contributed by atoms with van der Waals surface area (Å²) in [5.74, 6) is 3.06. The Morgan fingerprint density at radius 3 is 2.26 bits per heavy atom. The number of hydrogen-bond acceptors (Lipinski definition) is 1. The van der Waals surface area contributed by atoms with E-state index in [1.165, 1.54) is 38.5 Å². The van der Waals surface area contributed by atoms with Gasteiger partial charge in [-0.05, 0) is 62.7 Å². The largest absolute Gasteiger partial charge is 0.294 e. The number of benzene rings is 1. The Morgan fingerprint density at radius 2 is 1.58 bits per heavy atom. The molecule has 0 heterocycles. The maximum Gasteiger partial charge on any atom is 0.169 e. The number of carbonyl (C=O) groups excluding carboxylic acids is 1. The van der Waals surface area contributed by atoms with E-state index in [2.05, 4.69) is 0 Å². The molecule has 100 valence electrons. The summed E-state index contributed by atoms with van der Waals surface area (Å²) in [6.45, 7) is 0. The number of Topliss-reactive ketones (excluding diaryl/α,β-unsaturated/α-hetero) is 1. The summed E-state index contributed by atoms with van der Waals surface area (Å²) in [4.78, 5) is 13.0. The first-order valence-corrected chi connectivity index (χ1v) is 7.85. The van der Waals surface area contributed by atoms with Gasteiger partial charge in [0.2, 0.25) is 0 Å².